The second kappa shape index (κ2) is 7.99. The van der Waals surface area contributed by atoms with Gasteiger partial charge in [-0.25, -0.2) is 4.79 Å². The highest BCUT2D eigenvalue weighted by Crippen LogP contribution is 2.30. The Morgan fingerprint density at radius 1 is 0.920 bits per heavy atom. The summed E-state index contributed by atoms with van der Waals surface area (Å²) >= 11 is 3.43. The van der Waals surface area contributed by atoms with Crippen LogP contribution in [0.4, 0.5) is 0 Å². The predicted octanol–water partition coefficient (Wildman–Crippen LogP) is 5.41. The fourth-order valence-corrected chi connectivity index (χ4v) is 3.03. The summed E-state index contributed by atoms with van der Waals surface area (Å²) in [6.45, 7) is 1.83. The van der Waals surface area contributed by atoms with Crippen molar-refractivity contribution in [1.82, 2.24) is 0 Å². The fourth-order valence-electron chi connectivity index (χ4n) is 2.42. The van der Waals surface area contributed by atoms with Gasteiger partial charge in [0.1, 0.15) is 11.5 Å². The summed E-state index contributed by atoms with van der Waals surface area (Å²) in [7, 11) is 0. The molecule has 25 heavy (non-hydrogen) atoms. The molecule has 0 aromatic heterocycles. The summed E-state index contributed by atoms with van der Waals surface area (Å²) in [4.78, 5) is 12.2. The Morgan fingerprint density at radius 3 is 2.40 bits per heavy atom. The lowest BCUT2D eigenvalue weighted by Gasteiger charge is -2.11. The second-order valence-corrected chi connectivity index (χ2v) is 6.41. The minimum atomic E-state index is -0.448. The molecule has 0 atom stereocenters. The number of esters is 1. The van der Waals surface area contributed by atoms with Crippen molar-refractivity contribution in [3.63, 3.8) is 0 Å². The van der Waals surface area contributed by atoms with E-state index < -0.39 is 5.97 Å². The van der Waals surface area contributed by atoms with Gasteiger partial charge in [0, 0.05) is 5.56 Å². The Hall–Kier alpha value is -2.59. The van der Waals surface area contributed by atoms with Crippen LogP contribution in [0, 0.1) is 6.92 Å². The molecule has 0 amide bonds. The molecule has 0 aliphatic rings. The van der Waals surface area contributed by atoms with Gasteiger partial charge in [-0.05, 0) is 52.2 Å². The van der Waals surface area contributed by atoms with E-state index in [0.29, 0.717) is 11.5 Å². The van der Waals surface area contributed by atoms with Crippen LogP contribution in [0.15, 0.2) is 77.3 Å². The van der Waals surface area contributed by atoms with Gasteiger partial charge < -0.3 is 9.47 Å². The summed E-state index contributed by atoms with van der Waals surface area (Å²) in [5.41, 5.74) is 2.97. The Labute approximate surface area is 155 Å². The van der Waals surface area contributed by atoms with E-state index in [1.807, 2.05) is 73.7 Å². The van der Waals surface area contributed by atoms with E-state index >= 15 is 0 Å². The van der Waals surface area contributed by atoms with Crippen molar-refractivity contribution < 1.29 is 14.3 Å². The second-order valence-electron chi connectivity index (χ2n) is 5.56. The molecule has 3 nitrogen and oxygen atoms in total. The zero-order valence-corrected chi connectivity index (χ0v) is 15.3. The number of para-hydroxylation sites is 1. The average Bonchev–Trinajstić information content (AvgIpc) is 2.62. The van der Waals surface area contributed by atoms with Crippen LogP contribution in [0.5, 0.6) is 11.5 Å². The predicted molar refractivity (Wildman–Crippen MR) is 102 cm³/mol. The van der Waals surface area contributed by atoms with Gasteiger partial charge in [-0.2, -0.15) is 0 Å². The van der Waals surface area contributed by atoms with Gasteiger partial charge in [-0.15, -0.1) is 0 Å². The third-order valence-corrected chi connectivity index (χ3v) is 4.25. The third-order valence-electron chi connectivity index (χ3n) is 3.63. The molecule has 0 N–H and O–H groups in total. The van der Waals surface area contributed by atoms with E-state index in [4.69, 9.17) is 9.47 Å². The summed E-state index contributed by atoms with van der Waals surface area (Å²) < 4.78 is 11.9. The number of ether oxygens (including phenoxy) is 2. The normalized spacial score (nSPS) is 10.3. The van der Waals surface area contributed by atoms with Crippen molar-refractivity contribution in [3.8, 4) is 22.6 Å². The van der Waals surface area contributed by atoms with Gasteiger partial charge >= 0.3 is 5.97 Å². The molecule has 0 saturated heterocycles. The highest BCUT2D eigenvalue weighted by molar-refractivity contribution is 9.10. The van der Waals surface area contributed by atoms with E-state index in [1.165, 1.54) is 0 Å². The van der Waals surface area contributed by atoms with Gasteiger partial charge in [0.15, 0.2) is 6.61 Å². The molecule has 126 valence electrons. The summed E-state index contributed by atoms with van der Waals surface area (Å²) in [5.74, 6) is 0.681. The molecule has 3 rings (SSSR count). The molecule has 3 aromatic carbocycles. The monoisotopic (exact) mass is 396 g/mol. The van der Waals surface area contributed by atoms with Crippen LogP contribution in [-0.2, 0) is 4.79 Å². The average molecular weight is 397 g/mol. The highest BCUT2D eigenvalue weighted by atomic mass is 79.9. The lowest BCUT2D eigenvalue weighted by atomic mass is 10.1. The van der Waals surface area contributed by atoms with Crippen LogP contribution in [-0.4, -0.2) is 12.6 Å². The van der Waals surface area contributed by atoms with Gasteiger partial charge in [0.25, 0.3) is 0 Å². The molecule has 4 heteroatoms. The molecule has 0 fully saturated rings. The molecular weight excluding hydrogens is 380 g/mol. The Bertz CT molecular complexity index is 875. The van der Waals surface area contributed by atoms with E-state index in [0.717, 1.165) is 21.2 Å². The van der Waals surface area contributed by atoms with E-state index in [2.05, 4.69) is 15.9 Å². The summed E-state index contributed by atoms with van der Waals surface area (Å²) in [6, 6.07) is 23.0. The minimum Gasteiger partial charge on any atom is -0.481 e. The van der Waals surface area contributed by atoms with Crippen molar-refractivity contribution >= 4 is 21.9 Å². The zero-order chi connectivity index (χ0) is 17.6. The summed E-state index contributed by atoms with van der Waals surface area (Å²) in [5, 5.41) is 0. The molecule has 0 aliphatic carbocycles. The number of rotatable bonds is 5. The largest absolute Gasteiger partial charge is 0.481 e. The SMILES string of the molecule is Cc1ccc(OCC(=O)Oc2ccccc2-c2ccccc2)c(Br)c1. The molecule has 0 bridgehead atoms. The maximum absolute atomic E-state index is 12.2. The first-order valence-electron chi connectivity index (χ1n) is 7.87. The summed E-state index contributed by atoms with van der Waals surface area (Å²) in [6.07, 6.45) is 0. The molecule has 0 spiro atoms. The highest BCUT2D eigenvalue weighted by Gasteiger charge is 2.12. The molecule has 3 aromatic rings. The molecule has 0 aliphatic heterocycles. The Morgan fingerprint density at radius 2 is 1.64 bits per heavy atom. The molecule has 0 heterocycles. The minimum absolute atomic E-state index is 0.162. The number of carbonyl (C=O) groups excluding carboxylic acids is 1. The first-order chi connectivity index (χ1) is 12.1. The van der Waals surface area contributed by atoms with Crippen molar-refractivity contribution in [3.05, 3.63) is 82.8 Å². The van der Waals surface area contributed by atoms with Gasteiger partial charge in [-0.3, -0.25) is 0 Å². The van der Waals surface area contributed by atoms with E-state index in [1.54, 1.807) is 6.07 Å². The van der Waals surface area contributed by atoms with Crippen LogP contribution in [0.1, 0.15) is 5.56 Å². The van der Waals surface area contributed by atoms with E-state index in [9.17, 15) is 4.79 Å². The lowest BCUT2D eigenvalue weighted by Crippen LogP contribution is -2.18. The molecule has 0 unspecified atom stereocenters. The number of benzene rings is 3. The number of aryl methyl sites for hydroxylation is 1. The standard InChI is InChI=1S/C21H17BrO3/c1-15-11-12-20(18(22)13-15)24-14-21(23)25-19-10-6-5-9-17(19)16-7-3-2-4-8-16/h2-13H,14H2,1H3. The number of halogens is 1. The van der Waals surface area contributed by atoms with E-state index in [-0.39, 0.29) is 6.61 Å². The zero-order valence-electron chi connectivity index (χ0n) is 13.7. The van der Waals surface area contributed by atoms with Crippen LogP contribution in [0.25, 0.3) is 11.1 Å². The molecule has 0 radical (unpaired) electrons. The molecule has 0 saturated carbocycles. The fraction of sp³-hybridized carbons (Fsp3) is 0.0952. The quantitative estimate of drug-likeness (QED) is 0.427. The van der Waals surface area contributed by atoms with Crippen molar-refractivity contribution in [1.29, 1.82) is 0 Å². The Balaban J connectivity index is 1.69. The number of hydrogen-bond acceptors (Lipinski definition) is 3. The third kappa shape index (κ3) is 4.48. The number of hydrogen-bond donors (Lipinski definition) is 0. The van der Waals surface area contributed by atoms with Crippen molar-refractivity contribution in [2.45, 2.75) is 6.92 Å². The maximum atomic E-state index is 12.2. The van der Waals surface area contributed by atoms with Crippen LogP contribution >= 0.6 is 15.9 Å². The maximum Gasteiger partial charge on any atom is 0.349 e. The van der Waals surface area contributed by atoms with Gasteiger partial charge in [-0.1, -0.05) is 54.6 Å². The van der Waals surface area contributed by atoms with Crippen LogP contribution in [0.3, 0.4) is 0 Å². The Kier molecular flexibility index (Phi) is 5.51. The van der Waals surface area contributed by atoms with Gasteiger partial charge in [0.05, 0.1) is 4.47 Å². The first kappa shape index (κ1) is 17.2. The lowest BCUT2D eigenvalue weighted by molar-refractivity contribution is -0.136. The topological polar surface area (TPSA) is 35.5 Å². The number of carbonyl (C=O) groups is 1. The van der Waals surface area contributed by atoms with Crippen molar-refractivity contribution in [2.24, 2.45) is 0 Å². The van der Waals surface area contributed by atoms with Crippen LogP contribution < -0.4 is 9.47 Å². The van der Waals surface area contributed by atoms with Crippen molar-refractivity contribution in [2.75, 3.05) is 6.61 Å². The van der Waals surface area contributed by atoms with Gasteiger partial charge in [0.2, 0.25) is 0 Å². The smallest absolute Gasteiger partial charge is 0.349 e. The first-order valence-corrected chi connectivity index (χ1v) is 8.67. The van der Waals surface area contributed by atoms with Crippen LogP contribution in [0.2, 0.25) is 0 Å². The molecular formula is C21H17BrO3.